The molecule has 12 heavy (non-hydrogen) atoms. The number of hydrogen-bond acceptors (Lipinski definition) is 2. The van der Waals surface area contributed by atoms with Crippen molar-refractivity contribution in [1.29, 1.82) is 0 Å². The van der Waals surface area contributed by atoms with E-state index in [-0.39, 0.29) is 11.8 Å². The molecule has 2 heteroatoms. The van der Waals surface area contributed by atoms with Crippen LogP contribution in [0.2, 0.25) is 0 Å². The second-order valence-electron chi connectivity index (χ2n) is 4.15. The molecule has 0 aromatic rings. The van der Waals surface area contributed by atoms with Crippen LogP contribution in [0.5, 0.6) is 0 Å². The average Bonchev–Trinajstić information content (AvgIpc) is 1.85. The first-order chi connectivity index (χ1) is 5.49. The van der Waals surface area contributed by atoms with Crippen molar-refractivity contribution in [3.05, 3.63) is 0 Å². The third-order valence-corrected chi connectivity index (χ3v) is 2.08. The molecule has 0 rings (SSSR count). The van der Waals surface area contributed by atoms with Gasteiger partial charge in [0.1, 0.15) is 6.29 Å². The highest BCUT2D eigenvalue weighted by Gasteiger charge is 2.22. The van der Waals surface area contributed by atoms with Crippen molar-refractivity contribution in [2.75, 3.05) is 0 Å². The maximum atomic E-state index is 10.6. The van der Waals surface area contributed by atoms with Gasteiger partial charge in [0.25, 0.3) is 0 Å². The predicted molar refractivity (Wildman–Crippen MR) is 49.9 cm³/mol. The summed E-state index contributed by atoms with van der Waals surface area (Å²) in [6, 6.07) is 0. The molecule has 2 unspecified atom stereocenters. The van der Waals surface area contributed by atoms with Crippen molar-refractivity contribution in [2.45, 2.75) is 40.2 Å². The summed E-state index contributed by atoms with van der Waals surface area (Å²) < 4.78 is 0. The lowest BCUT2D eigenvalue weighted by Gasteiger charge is -2.22. The number of aliphatic hydroxyl groups excluding tert-OH is 1. The first kappa shape index (κ1) is 11.6. The number of carbonyl (C=O) groups is 1. The van der Waals surface area contributed by atoms with Crippen LogP contribution in [-0.2, 0) is 4.79 Å². The van der Waals surface area contributed by atoms with E-state index < -0.39 is 6.10 Å². The third kappa shape index (κ3) is 3.86. The molecule has 0 aliphatic rings. The minimum atomic E-state index is -0.470. The van der Waals surface area contributed by atoms with E-state index in [1.807, 2.05) is 27.7 Å². The van der Waals surface area contributed by atoms with Gasteiger partial charge in [-0.25, -0.2) is 0 Å². The molecule has 0 aliphatic heterocycles. The van der Waals surface area contributed by atoms with E-state index >= 15 is 0 Å². The molecule has 2 atom stereocenters. The first-order valence-corrected chi connectivity index (χ1v) is 4.62. The average molecular weight is 172 g/mol. The van der Waals surface area contributed by atoms with Gasteiger partial charge in [0, 0.05) is 5.92 Å². The van der Waals surface area contributed by atoms with Crippen molar-refractivity contribution in [1.82, 2.24) is 0 Å². The largest absolute Gasteiger partial charge is 0.392 e. The van der Waals surface area contributed by atoms with Gasteiger partial charge in [-0.15, -0.1) is 0 Å². The normalized spacial score (nSPS) is 16.6. The Morgan fingerprint density at radius 3 is 2.00 bits per heavy atom. The Morgan fingerprint density at radius 1 is 1.25 bits per heavy atom. The van der Waals surface area contributed by atoms with E-state index in [0.717, 1.165) is 6.29 Å². The van der Waals surface area contributed by atoms with Crippen molar-refractivity contribution in [2.24, 2.45) is 17.8 Å². The lowest BCUT2D eigenvalue weighted by molar-refractivity contribution is -0.116. The number of hydrogen-bond donors (Lipinski definition) is 1. The lowest BCUT2D eigenvalue weighted by Crippen LogP contribution is -2.27. The second-order valence-corrected chi connectivity index (χ2v) is 4.15. The summed E-state index contributed by atoms with van der Waals surface area (Å²) in [6.07, 6.45) is 1.11. The molecular formula is C10H20O2. The molecule has 0 radical (unpaired) electrons. The number of carbonyl (C=O) groups excluding carboxylic acids is 1. The summed E-state index contributed by atoms with van der Waals surface area (Å²) in [5.41, 5.74) is 0. The molecule has 0 saturated carbocycles. The van der Waals surface area contributed by atoms with Gasteiger partial charge in [0.05, 0.1) is 6.10 Å². The van der Waals surface area contributed by atoms with Crippen LogP contribution in [0.3, 0.4) is 0 Å². The Hall–Kier alpha value is -0.370. The zero-order valence-electron chi connectivity index (χ0n) is 8.45. The van der Waals surface area contributed by atoms with E-state index in [4.69, 9.17) is 0 Å². The molecule has 1 N–H and O–H groups in total. The van der Waals surface area contributed by atoms with Crippen molar-refractivity contribution in [3.63, 3.8) is 0 Å². The van der Waals surface area contributed by atoms with Gasteiger partial charge in [-0.3, -0.25) is 0 Å². The quantitative estimate of drug-likeness (QED) is 0.643. The maximum absolute atomic E-state index is 10.6. The Morgan fingerprint density at radius 2 is 1.75 bits per heavy atom. The number of aldehydes is 1. The van der Waals surface area contributed by atoms with Crippen molar-refractivity contribution >= 4 is 6.29 Å². The van der Waals surface area contributed by atoms with E-state index in [1.54, 1.807) is 0 Å². The van der Waals surface area contributed by atoms with Gasteiger partial charge < -0.3 is 9.90 Å². The summed E-state index contributed by atoms with van der Waals surface area (Å²) in [5.74, 6) is 0.477. The van der Waals surface area contributed by atoms with Crippen LogP contribution in [0.4, 0.5) is 0 Å². The second kappa shape index (κ2) is 5.31. The first-order valence-electron chi connectivity index (χ1n) is 4.62. The van der Waals surface area contributed by atoms with Crippen molar-refractivity contribution < 1.29 is 9.90 Å². The highest BCUT2D eigenvalue weighted by atomic mass is 16.3. The summed E-state index contributed by atoms with van der Waals surface area (Å²) in [6.45, 7) is 8.02. The molecule has 72 valence electrons. The van der Waals surface area contributed by atoms with Gasteiger partial charge in [-0.05, 0) is 18.3 Å². The topological polar surface area (TPSA) is 37.3 Å². The minimum Gasteiger partial charge on any atom is -0.392 e. The number of rotatable bonds is 5. The van der Waals surface area contributed by atoms with E-state index in [2.05, 4.69) is 0 Å². The van der Waals surface area contributed by atoms with Crippen molar-refractivity contribution in [3.8, 4) is 0 Å². The summed E-state index contributed by atoms with van der Waals surface area (Å²) in [7, 11) is 0. The molecule has 0 heterocycles. The summed E-state index contributed by atoms with van der Waals surface area (Å²) in [4.78, 5) is 10.6. The van der Waals surface area contributed by atoms with Crippen LogP contribution in [0.25, 0.3) is 0 Å². The van der Waals surface area contributed by atoms with E-state index in [0.29, 0.717) is 12.3 Å². The van der Waals surface area contributed by atoms with Gasteiger partial charge in [0.15, 0.2) is 0 Å². The highest BCUT2D eigenvalue weighted by Crippen LogP contribution is 2.18. The van der Waals surface area contributed by atoms with Crippen LogP contribution in [0.15, 0.2) is 0 Å². The Labute approximate surface area is 75.0 Å². The fourth-order valence-electron chi connectivity index (χ4n) is 1.33. The molecular weight excluding hydrogens is 152 g/mol. The van der Waals surface area contributed by atoms with Gasteiger partial charge >= 0.3 is 0 Å². The van der Waals surface area contributed by atoms with Crippen LogP contribution in [0, 0.1) is 17.8 Å². The fourth-order valence-corrected chi connectivity index (χ4v) is 1.33. The molecule has 0 aromatic carbocycles. The van der Waals surface area contributed by atoms with Gasteiger partial charge in [-0.2, -0.15) is 0 Å². The molecule has 0 spiro atoms. The van der Waals surface area contributed by atoms with Crippen LogP contribution < -0.4 is 0 Å². The van der Waals surface area contributed by atoms with Crippen LogP contribution >= 0.6 is 0 Å². The monoisotopic (exact) mass is 172 g/mol. The smallest absolute Gasteiger partial charge is 0.125 e. The maximum Gasteiger partial charge on any atom is 0.125 e. The molecule has 0 saturated heterocycles. The Balaban J connectivity index is 4.02. The highest BCUT2D eigenvalue weighted by molar-refractivity contribution is 5.54. The van der Waals surface area contributed by atoms with Gasteiger partial charge in [-0.1, -0.05) is 27.7 Å². The fraction of sp³-hybridized carbons (Fsp3) is 0.900. The van der Waals surface area contributed by atoms with Crippen LogP contribution in [0.1, 0.15) is 34.1 Å². The molecule has 0 amide bonds. The molecule has 0 fully saturated rings. The minimum absolute atomic E-state index is 0.201. The summed E-state index contributed by atoms with van der Waals surface area (Å²) in [5, 5.41) is 9.62. The Bertz CT molecular complexity index is 130. The molecule has 0 bridgehead atoms. The van der Waals surface area contributed by atoms with Crippen LogP contribution in [-0.4, -0.2) is 17.5 Å². The SMILES string of the molecule is CC(C)CC(O)C(C=O)C(C)C. The lowest BCUT2D eigenvalue weighted by atomic mass is 9.87. The number of aliphatic hydroxyl groups is 1. The standard InChI is InChI=1S/C10H20O2/c1-7(2)5-10(12)9(6-11)8(3)4/h6-10,12H,5H2,1-4H3. The van der Waals surface area contributed by atoms with Gasteiger partial charge in [0.2, 0.25) is 0 Å². The Kier molecular flexibility index (Phi) is 5.14. The third-order valence-electron chi connectivity index (χ3n) is 2.08. The molecule has 0 aliphatic carbocycles. The summed E-state index contributed by atoms with van der Waals surface area (Å²) >= 11 is 0. The zero-order chi connectivity index (χ0) is 9.72. The van der Waals surface area contributed by atoms with E-state index in [1.165, 1.54) is 0 Å². The molecule has 2 nitrogen and oxygen atoms in total. The predicted octanol–water partition coefficient (Wildman–Crippen LogP) is 1.86. The molecule has 0 aromatic heterocycles. The zero-order valence-corrected chi connectivity index (χ0v) is 8.45. The van der Waals surface area contributed by atoms with E-state index in [9.17, 15) is 9.90 Å².